The average molecular weight is 246 g/mol. The van der Waals surface area contributed by atoms with Crippen LogP contribution in [0.3, 0.4) is 0 Å². The molecule has 1 rings (SSSR count). The lowest BCUT2D eigenvalue weighted by Gasteiger charge is -2.09. The molecule has 0 aliphatic heterocycles. The van der Waals surface area contributed by atoms with E-state index in [1.165, 1.54) is 5.56 Å². The molecule has 1 atom stereocenters. The fourth-order valence-corrected chi connectivity index (χ4v) is 1.98. The Kier molecular flexibility index (Phi) is 4.12. The van der Waals surface area contributed by atoms with Gasteiger partial charge in [-0.25, -0.2) is 0 Å². The molecule has 2 N–H and O–H groups in total. The highest BCUT2D eigenvalue weighted by Gasteiger charge is 2.03. The third kappa shape index (κ3) is 2.81. The number of hydrogen-bond donors (Lipinski definition) is 1. The SMILES string of the molecule is CSCC(N)c1cccc(Br)c1. The van der Waals surface area contributed by atoms with E-state index in [1.54, 1.807) is 11.8 Å². The van der Waals surface area contributed by atoms with Crippen LogP contribution in [0.1, 0.15) is 11.6 Å². The largest absolute Gasteiger partial charge is 0.323 e. The highest BCUT2D eigenvalue weighted by molar-refractivity contribution is 9.10. The number of benzene rings is 1. The molecule has 0 bridgehead atoms. The van der Waals surface area contributed by atoms with Crippen LogP contribution in [0.25, 0.3) is 0 Å². The Bertz CT molecular complexity index is 252. The van der Waals surface area contributed by atoms with Crippen LogP contribution in [-0.2, 0) is 0 Å². The smallest absolute Gasteiger partial charge is 0.0387 e. The number of halogens is 1. The quantitative estimate of drug-likeness (QED) is 0.887. The molecule has 3 heteroatoms. The van der Waals surface area contributed by atoms with Crippen molar-refractivity contribution >= 4 is 27.7 Å². The zero-order valence-corrected chi connectivity index (χ0v) is 9.36. The summed E-state index contributed by atoms with van der Waals surface area (Å²) in [5.74, 6) is 0.969. The first-order valence-electron chi connectivity index (χ1n) is 3.74. The lowest BCUT2D eigenvalue weighted by molar-refractivity contribution is 0.832. The highest BCUT2D eigenvalue weighted by Crippen LogP contribution is 2.18. The van der Waals surface area contributed by atoms with Crippen molar-refractivity contribution < 1.29 is 0 Å². The molecular weight excluding hydrogens is 234 g/mol. The van der Waals surface area contributed by atoms with Crippen LogP contribution in [0.5, 0.6) is 0 Å². The van der Waals surface area contributed by atoms with Crippen LogP contribution in [0.15, 0.2) is 28.7 Å². The third-order valence-corrected chi connectivity index (χ3v) is 2.81. The van der Waals surface area contributed by atoms with Gasteiger partial charge in [-0.05, 0) is 24.0 Å². The summed E-state index contributed by atoms with van der Waals surface area (Å²) in [7, 11) is 0. The van der Waals surface area contributed by atoms with Gasteiger partial charge in [-0.3, -0.25) is 0 Å². The van der Waals surface area contributed by atoms with Crippen LogP contribution in [0.4, 0.5) is 0 Å². The summed E-state index contributed by atoms with van der Waals surface area (Å²) >= 11 is 5.19. The maximum Gasteiger partial charge on any atom is 0.0387 e. The Balaban J connectivity index is 2.73. The van der Waals surface area contributed by atoms with Gasteiger partial charge in [0.25, 0.3) is 0 Å². The van der Waals surface area contributed by atoms with Crippen LogP contribution in [-0.4, -0.2) is 12.0 Å². The van der Waals surface area contributed by atoms with Gasteiger partial charge in [0.15, 0.2) is 0 Å². The number of nitrogens with two attached hydrogens (primary N) is 1. The van der Waals surface area contributed by atoms with Crippen LogP contribution < -0.4 is 5.73 Å². The fraction of sp³-hybridized carbons (Fsp3) is 0.333. The number of rotatable bonds is 3. The summed E-state index contributed by atoms with van der Waals surface area (Å²) in [6.07, 6.45) is 2.07. The molecule has 0 amide bonds. The predicted molar refractivity (Wildman–Crippen MR) is 59.5 cm³/mol. The van der Waals surface area contributed by atoms with Crippen molar-refractivity contribution in [1.29, 1.82) is 0 Å². The van der Waals surface area contributed by atoms with Crippen LogP contribution in [0.2, 0.25) is 0 Å². The molecule has 66 valence electrons. The molecule has 0 aromatic heterocycles. The van der Waals surface area contributed by atoms with Crippen LogP contribution in [0, 0.1) is 0 Å². The van der Waals surface area contributed by atoms with E-state index in [1.807, 2.05) is 12.1 Å². The molecule has 0 spiro atoms. The van der Waals surface area contributed by atoms with Gasteiger partial charge in [0.05, 0.1) is 0 Å². The summed E-state index contributed by atoms with van der Waals surface area (Å²) < 4.78 is 1.09. The van der Waals surface area contributed by atoms with Crippen molar-refractivity contribution in [2.45, 2.75) is 6.04 Å². The molecule has 0 radical (unpaired) electrons. The topological polar surface area (TPSA) is 26.0 Å². The Morgan fingerprint density at radius 2 is 2.33 bits per heavy atom. The van der Waals surface area contributed by atoms with E-state index < -0.39 is 0 Å². The van der Waals surface area contributed by atoms with E-state index in [0.717, 1.165) is 10.2 Å². The van der Waals surface area contributed by atoms with E-state index in [4.69, 9.17) is 5.73 Å². The van der Waals surface area contributed by atoms with E-state index in [2.05, 4.69) is 34.3 Å². The third-order valence-electron chi connectivity index (χ3n) is 1.62. The van der Waals surface area contributed by atoms with Crippen molar-refractivity contribution in [1.82, 2.24) is 0 Å². The second-order valence-corrected chi connectivity index (χ2v) is 4.44. The van der Waals surface area contributed by atoms with Crippen molar-refractivity contribution in [3.8, 4) is 0 Å². The van der Waals surface area contributed by atoms with Gasteiger partial charge in [0.1, 0.15) is 0 Å². The van der Waals surface area contributed by atoms with E-state index in [-0.39, 0.29) is 6.04 Å². The molecule has 0 aliphatic carbocycles. The molecule has 0 fully saturated rings. The molecule has 1 unspecified atom stereocenters. The lowest BCUT2D eigenvalue weighted by Crippen LogP contribution is -2.12. The second-order valence-electron chi connectivity index (χ2n) is 2.62. The molecule has 1 aromatic rings. The monoisotopic (exact) mass is 245 g/mol. The minimum Gasteiger partial charge on any atom is -0.323 e. The summed E-state index contributed by atoms with van der Waals surface area (Å²) in [4.78, 5) is 0. The Labute approximate surface area is 85.9 Å². The summed E-state index contributed by atoms with van der Waals surface area (Å²) in [5, 5.41) is 0. The van der Waals surface area contributed by atoms with E-state index >= 15 is 0 Å². The maximum atomic E-state index is 5.93. The van der Waals surface area contributed by atoms with Crippen molar-refractivity contribution in [2.75, 3.05) is 12.0 Å². The minimum atomic E-state index is 0.150. The van der Waals surface area contributed by atoms with Gasteiger partial charge in [0.2, 0.25) is 0 Å². The number of hydrogen-bond acceptors (Lipinski definition) is 2. The molecule has 12 heavy (non-hydrogen) atoms. The number of thioether (sulfide) groups is 1. The first kappa shape index (κ1) is 10.1. The zero-order valence-electron chi connectivity index (χ0n) is 6.96. The zero-order chi connectivity index (χ0) is 8.97. The Morgan fingerprint density at radius 3 is 2.92 bits per heavy atom. The first-order chi connectivity index (χ1) is 5.74. The van der Waals surface area contributed by atoms with Gasteiger partial charge >= 0.3 is 0 Å². The molecule has 0 saturated carbocycles. The van der Waals surface area contributed by atoms with E-state index in [0.29, 0.717) is 0 Å². The lowest BCUT2D eigenvalue weighted by atomic mass is 10.1. The first-order valence-corrected chi connectivity index (χ1v) is 5.92. The minimum absolute atomic E-state index is 0.150. The molecular formula is C9H12BrNS. The molecule has 0 aliphatic rings. The van der Waals surface area contributed by atoms with Crippen molar-refractivity contribution in [2.24, 2.45) is 5.73 Å². The van der Waals surface area contributed by atoms with Crippen LogP contribution >= 0.6 is 27.7 Å². The van der Waals surface area contributed by atoms with Gasteiger partial charge < -0.3 is 5.73 Å². The van der Waals surface area contributed by atoms with Gasteiger partial charge in [-0.15, -0.1) is 0 Å². The summed E-state index contributed by atoms with van der Waals surface area (Å²) in [6.45, 7) is 0. The standard InChI is InChI=1S/C9H12BrNS/c1-12-6-9(11)7-3-2-4-8(10)5-7/h2-5,9H,6,11H2,1H3. The average Bonchev–Trinajstić information content (AvgIpc) is 2.05. The van der Waals surface area contributed by atoms with Gasteiger partial charge in [-0.1, -0.05) is 28.1 Å². The second kappa shape index (κ2) is 4.90. The molecule has 1 nitrogen and oxygen atoms in total. The van der Waals surface area contributed by atoms with Gasteiger partial charge in [0, 0.05) is 16.3 Å². The fourth-order valence-electron chi connectivity index (χ4n) is 1.01. The summed E-state index contributed by atoms with van der Waals surface area (Å²) in [5.41, 5.74) is 7.13. The molecule has 0 saturated heterocycles. The summed E-state index contributed by atoms with van der Waals surface area (Å²) in [6, 6.07) is 8.30. The normalized spacial score (nSPS) is 12.9. The van der Waals surface area contributed by atoms with Crippen molar-refractivity contribution in [3.63, 3.8) is 0 Å². The van der Waals surface area contributed by atoms with Crippen molar-refractivity contribution in [3.05, 3.63) is 34.3 Å². The maximum absolute atomic E-state index is 5.93. The molecule has 1 aromatic carbocycles. The predicted octanol–water partition coefficient (Wildman–Crippen LogP) is 2.81. The molecule has 0 heterocycles. The van der Waals surface area contributed by atoms with Gasteiger partial charge in [-0.2, -0.15) is 11.8 Å². The Hall–Kier alpha value is 0.01000. The van der Waals surface area contributed by atoms with E-state index in [9.17, 15) is 0 Å². The Morgan fingerprint density at radius 1 is 1.58 bits per heavy atom. The highest BCUT2D eigenvalue weighted by atomic mass is 79.9.